The Labute approximate surface area is 146 Å². The highest BCUT2D eigenvalue weighted by atomic mass is 16.1. The maximum absolute atomic E-state index is 12.7. The minimum atomic E-state index is -0.237. The predicted molar refractivity (Wildman–Crippen MR) is 106 cm³/mol. The predicted octanol–water partition coefficient (Wildman–Crippen LogP) is 5.78. The first kappa shape index (κ1) is 19.7. The Morgan fingerprint density at radius 2 is 1.79 bits per heavy atom. The number of carbonyl (C=O) groups excluding carboxylic acids is 1. The van der Waals surface area contributed by atoms with Gasteiger partial charge in [0.1, 0.15) is 0 Å². The molecule has 0 unspecified atom stereocenters. The Morgan fingerprint density at radius 1 is 1.21 bits per heavy atom. The number of benzene rings is 1. The number of allylic oxidation sites excluding steroid dienone is 6. The van der Waals surface area contributed by atoms with Crippen LogP contribution in [0.15, 0.2) is 55.7 Å². The van der Waals surface area contributed by atoms with Crippen LogP contribution in [-0.4, -0.2) is 11.4 Å². The van der Waals surface area contributed by atoms with Crippen molar-refractivity contribution >= 4 is 17.1 Å². The standard InChI is InChI=1S/C22H29NO/c1-8-11-16(4)18-13-19(17(5)12-9-2)15-20(14-18)21(24)23-22(6,7)10-3/h8-9,11-15H,1,5,10H2,2-4,6-7H3,(H,23,24)/b12-9-,16-11+. The van der Waals surface area contributed by atoms with Crippen LogP contribution in [0.2, 0.25) is 0 Å². The highest BCUT2D eigenvalue weighted by Crippen LogP contribution is 2.24. The molecule has 0 fully saturated rings. The first-order chi connectivity index (χ1) is 11.2. The summed E-state index contributed by atoms with van der Waals surface area (Å²) in [6.45, 7) is 17.9. The van der Waals surface area contributed by atoms with Gasteiger partial charge in [-0.2, -0.15) is 0 Å². The van der Waals surface area contributed by atoms with Crippen LogP contribution in [0.1, 0.15) is 62.5 Å². The summed E-state index contributed by atoms with van der Waals surface area (Å²) in [5.41, 5.74) is 4.30. The molecule has 1 aromatic rings. The van der Waals surface area contributed by atoms with Gasteiger partial charge in [0, 0.05) is 11.1 Å². The lowest BCUT2D eigenvalue weighted by molar-refractivity contribution is 0.0911. The van der Waals surface area contributed by atoms with Crippen molar-refractivity contribution in [3.8, 4) is 0 Å². The number of rotatable bonds is 7. The van der Waals surface area contributed by atoms with Crippen molar-refractivity contribution in [2.24, 2.45) is 0 Å². The van der Waals surface area contributed by atoms with E-state index in [1.165, 1.54) is 0 Å². The molecule has 0 saturated carbocycles. The molecule has 0 aliphatic carbocycles. The van der Waals surface area contributed by atoms with Crippen molar-refractivity contribution in [1.29, 1.82) is 0 Å². The first-order valence-corrected chi connectivity index (χ1v) is 8.33. The molecule has 1 amide bonds. The van der Waals surface area contributed by atoms with Crippen LogP contribution in [0, 0.1) is 0 Å². The zero-order valence-corrected chi connectivity index (χ0v) is 15.6. The number of carbonyl (C=O) groups is 1. The van der Waals surface area contributed by atoms with Gasteiger partial charge < -0.3 is 5.32 Å². The quantitative estimate of drug-likeness (QED) is 0.633. The minimum Gasteiger partial charge on any atom is -0.347 e. The second kappa shape index (κ2) is 8.49. The summed E-state index contributed by atoms with van der Waals surface area (Å²) in [7, 11) is 0. The van der Waals surface area contributed by atoms with E-state index in [-0.39, 0.29) is 11.4 Å². The van der Waals surface area contributed by atoms with Crippen molar-refractivity contribution in [3.63, 3.8) is 0 Å². The number of nitrogens with one attached hydrogen (secondary N) is 1. The van der Waals surface area contributed by atoms with Crippen LogP contribution in [0.5, 0.6) is 0 Å². The molecule has 0 heterocycles. The molecular weight excluding hydrogens is 294 g/mol. The molecule has 1 N–H and O–H groups in total. The van der Waals surface area contributed by atoms with Crippen LogP contribution in [0.3, 0.4) is 0 Å². The lowest BCUT2D eigenvalue weighted by atomic mass is 9.95. The average Bonchev–Trinajstić information content (AvgIpc) is 2.54. The van der Waals surface area contributed by atoms with Crippen LogP contribution < -0.4 is 5.32 Å². The third-order valence-corrected chi connectivity index (χ3v) is 4.09. The highest BCUT2D eigenvalue weighted by Gasteiger charge is 2.19. The van der Waals surface area contributed by atoms with E-state index in [4.69, 9.17) is 0 Å². The lowest BCUT2D eigenvalue weighted by Gasteiger charge is -2.24. The number of hydrogen-bond donors (Lipinski definition) is 1. The Balaban J connectivity index is 3.38. The summed E-state index contributed by atoms with van der Waals surface area (Å²) >= 11 is 0. The van der Waals surface area contributed by atoms with E-state index in [0.717, 1.165) is 28.7 Å². The summed E-state index contributed by atoms with van der Waals surface area (Å²) in [4.78, 5) is 12.7. The van der Waals surface area contributed by atoms with E-state index >= 15 is 0 Å². The molecular formula is C22H29NO. The Bertz CT molecular complexity index is 690. The Morgan fingerprint density at radius 3 is 2.33 bits per heavy atom. The van der Waals surface area contributed by atoms with Crippen molar-refractivity contribution in [2.75, 3.05) is 0 Å². The van der Waals surface area contributed by atoms with Gasteiger partial charge in [-0.3, -0.25) is 4.79 Å². The van der Waals surface area contributed by atoms with Gasteiger partial charge in [0.25, 0.3) is 5.91 Å². The molecule has 0 aromatic heterocycles. The second-order valence-corrected chi connectivity index (χ2v) is 6.60. The summed E-state index contributed by atoms with van der Waals surface area (Å²) in [5, 5.41) is 3.09. The first-order valence-electron chi connectivity index (χ1n) is 8.33. The molecule has 24 heavy (non-hydrogen) atoms. The van der Waals surface area contributed by atoms with Gasteiger partial charge >= 0.3 is 0 Å². The Hall–Kier alpha value is -2.35. The summed E-state index contributed by atoms with van der Waals surface area (Å²) in [6, 6.07) is 5.87. The lowest BCUT2D eigenvalue weighted by Crippen LogP contribution is -2.42. The maximum Gasteiger partial charge on any atom is 0.251 e. The van der Waals surface area contributed by atoms with Crippen molar-refractivity contribution < 1.29 is 4.79 Å². The molecule has 1 aromatic carbocycles. The molecule has 0 bridgehead atoms. The second-order valence-electron chi connectivity index (χ2n) is 6.60. The number of amides is 1. The van der Waals surface area contributed by atoms with Crippen molar-refractivity contribution in [2.45, 2.75) is 46.6 Å². The Kier molecular flexibility index (Phi) is 6.97. The normalized spacial score (nSPS) is 12.3. The molecule has 0 aliphatic heterocycles. The largest absolute Gasteiger partial charge is 0.347 e. The van der Waals surface area contributed by atoms with Gasteiger partial charge in [-0.05, 0) is 74.6 Å². The molecule has 1 rings (SSSR count). The van der Waals surface area contributed by atoms with Gasteiger partial charge in [0.15, 0.2) is 0 Å². The summed E-state index contributed by atoms with van der Waals surface area (Å²) in [6.07, 6.45) is 8.45. The molecule has 0 aliphatic rings. The SMILES string of the molecule is C=C/C=C(\C)c1cc(C(=C)/C=C\C)cc(C(=O)NC(C)(C)CC)c1. The molecule has 0 saturated heterocycles. The average molecular weight is 323 g/mol. The molecule has 0 spiro atoms. The highest BCUT2D eigenvalue weighted by molar-refractivity contribution is 5.97. The van der Waals surface area contributed by atoms with E-state index in [1.807, 2.05) is 58.1 Å². The van der Waals surface area contributed by atoms with Gasteiger partial charge in [-0.25, -0.2) is 0 Å². The smallest absolute Gasteiger partial charge is 0.251 e. The van der Waals surface area contributed by atoms with Crippen molar-refractivity contribution in [3.05, 3.63) is 72.4 Å². The monoisotopic (exact) mass is 323 g/mol. The fourth-order valence-electron chi connectivity index (χ4n) is 2.21. The van der Waals surface area contributed by atoms with E-state index < -0.39 is 0 Å². The molecule has 0 atom stereocenters. The molecule has 128 valence electrons. The fourth-order valence-corrected chi connectivity index (χ4v) is 2.21. The third-order valence-electron chi connectivity index (χ3n) is 4.09. The molecule has 2 nitrogen and oxygen atoms in total. The maximum atomic E-state index is 12.7. The third kappa shape index (κ3) is 5.38. The van der Waals surface area contributed by atoms with Crippen LogP contribution in [0.25, 0.3) is 11.1 Å². The van der Waals surface area contributed by atoms with Crippen LogP contribution in [-0.2, 0) is 0 Å². The number of hydrogen-bond acceptors (Lipinski definition) is 1. The minimum absolute atomic E-state index is 0.0652. The van der Waals surface area contributed by atoms with Gasteiger partial charge in [-0.15, -0.1) is 0 Å². The van der Waals surface area contributed by atoms with Crippen LogP contribution in [0.4, 0.5) is 0 Å². The molecule has 0 radical (unpaired) electrons. The van der Waals surface area contributed by atoms with Gasteiger partial charge in [0.2, 0.25) is 0 Å². The topological polar surface area (TPSA) is 29.1 Å². The van der Waals surface area contributed by atoms with Crippen LogP contribution >= 0.6 is 0 Å². The fraction of sp³-hybridized carbons (Fsp3) is 0.318. The van der Waals surface area contributed by atoms with E-state index in [2.05, 4.69) is 31.5 Å². The van der Waals surface area contributed by atoms with Crippen molar-refractivity contribution in [1.82, 2.24) is 5.32 Å². The van der Waals surface area contributed by atoms with E-state index in [0.29, 0.717) is 5.56 Å². The zero-order chi connectivity index (χ0) is 18.3. The zero-order valence-electron chi connectivity index (χ0n) is 15.6. The van der Waals surface area contributed by atoms with Gasteiger partial charge in [-0.1, -0.05) is 44.4 Å². The molecule has 2 heteroatoms. The summed E-state index contributed by atoms with van der Waals surface area (Å²) < 4.78 is 0. The van der Waals surface area contributed by atoms with E-state index in [1.54, 1.807) is 6.08 Å². The summed E-state index contributed by atoms with van der Waals surface area (Å²) in [5.74, 6) is -0.0652. The van der Waals surface area contributed by atoms with E-state index in [9.17, 15) is 4.79 Å². The van der Waals surface area contributed by atoms with Gasteiger partial charge in [0.05, 0.1) is 0 Å².